The Hall–Kier alpha value is -1.20. The number of carboxylic acid groups (broad SMARTS) is 1. The van der Waals surface area contributed by atoms with Crippen molar-refractivity contribution in [3.63, 3.8) is 0 Å². The van der Waals surface area contributed by atoms with Gasteiger partial charge in [-0.3, -0.25) is 14.2 Å². The summed E-state index contributed by atoms with van der Waals surface area (Å²) in [5.74, 6) is -10.8. The number of carbonyl (C=O) groups is 3. The molecule has 50 heavy (non-hydrogen) atoms. The van der Waals surface area contributed by atoms with Gasteiger partial charge in [-0.1, -0.05) is 168 Å². The fourth-order valence-corrected chi connectivity index (χ4v) is 7.61. The number of aliphatic hydroxyl groups is 4. The van der Waals surface area contributed by atoms with Crippen LogP contribution < -0.4 is 0 Å². The maximum atomic E-state index is 13.5. The maximum absolute atomic E-state index is 13.5. The van der Waals surface area contributed by atoms with Crippen LogP contribution in [0.3, 0.4) is 0 Å². The first-order chi connectivity index (χ1) is 23.7. The molecule has 4 atom stereocenters. The van der Waals surface area contributed by atoms with Crippen LogP contribution in [-0.4, -0.2) is 76.5 Å². The molecular formula is C38H73O11P. The zero-order valence-electron chi connectivity index (χ0n) is 31.4. The third-order valence-electron chi connectivity index (χ3n) is 10.1. The Morgan fingerprint density at radius 2 is 0.860 bits per heavy atom. The Morgan fingerprint density at radius 1 is 0.560 bits per heavy atom. The first-order valence-corrected chi connectivity index (χ1v) is 21.5. The molecule has 0 heterocycles. The molecule has 0 radical (unpaired) electrons. The molecule has 4 unspecified atom stereocenters. The first-order valence-electron chi connectivity index (χ1n) is 19.8. The van der Waals surface area contributed by atoms with E-state index in [2.05, 4.69) is 13.8 Å². The summed E-state index contributed by atoms with van der Waals surface area (Å²) in [7, 11) is -5.78. The fraction of sp³-hybridized carbons (Fsp3) is 0.921. The lowest BCUT2D eigenvalue weighted by atomic mass is 9.69. The number of unbranched alkanes of at least 4 members (excludes halogenated alkanes) is 24. The van der Waals surface area contributed by atoms with E-state index in [9.17, 15) is 54.3 Å². The Morgan fingerprint density at radius 3 is 1.14 bits per heavy atom. The highest BCUT2D eigenvalue weighted by molar-refractivity contribution is 7.52. The van der Waals surface area contributed by atoms with E-state index >= 15 is 0 Å². The van der Waals surface area contributed by atoms with Gasteiger partial charge in [0, 0.05) is 12.8 Å². The highest BCUT2D eigenvalue weighted by Gasteiger charge is 2.66. The SMILES string of the molecule is CCCCCCCCCCCCCCCC(=O)C(C(O)(CO)C(=O)CCCCCCCCCCCCCCC)C(O)(C(=O)O)C(O)P(=O)(O)O. The molecule has 0 aromatic carbocycles. The second-order valence-electron chi connectivity index (χ2n) is 14.5. The van der Waals surface area contributed by atoms with Gasteiger partial charge in [-0.2, -0.15) is 0 Å². The Kier molecular flexibility index (Phi) is 27.6. The number of carboxylic acids is 1. The molecule has 12 heteroatoms. The molecule has 0 spiro atoms. The monoisotopic (exact) mass is 736 g/mol. The quantitative estimate of drug-likeness (QED) is 0.0244. The third-order valence-corrected chi connectivity index (χ3v) is 11.1. The van der Waals surface area contributed by atoms with E-state index in [0.29, 0.717) is 12.8 Å². The van der Waals surface area contributed by atoms with Crippen LogP contribution in [0.4, 0.5) is 0 Å². The van der Waals surface area contributed by atoms with Crippen molar-refractivity contribution in [2.45, 2.75) is 211 Å². The van der Waals surface area contributed by atoms with Crippen LogP contribution in [0.5, 0.6) is 0 Å². The molecule has 0 saturated carbocycles. The molecular weight excluding hydrogens is 663 g/mol. The van der Waals surface area contributed by atoms with Gasteiger partial charge >= 0.3 is 13.6 Å². The first kappa shape index (κ1) is 48.8. The Balaban J connectivity index is 5.19. The van der Waals surface area contributed by atoms with Crippen molar-refractivity contribution in [2.75, 3.05) is 6.61 Å². The Bertz CT molecular complexity index is 955. The molecule has 0 rings (SSSR count). The summed E-state index contributed by atoms with van der Waals surface area (Å²) in [4.78, 5) is 58.4. The molecule has 0 aromatic rings. The van der Waals surface area contributed by atoms with Crippen molar-refractivity contribution < 1.29 is 54.3 Å². The molecule has 296 valence electrons. The summed E-state index contributed by atoms with van der Waals surface area (Å²) >= 11 is 0. The molecule has 0 aliphatic rings. The molecule has 0 aliphatic carbocycles. The molecule has 0 fully saturated rings. The Labute approximate surface area is 302 Å². The zero-order valence-corrected chi connectivity index (χ0v) is 32.3. The van der Waals surface area contributed by atoms with Gasteiger partial charge in [0.15, 0.2) is 17.2 Å². The average molecular weight is 737 g/mol. The van der Waals surface area contributed by atoms with E-state index in [1.165, 1.54) is 83.5 Å². The van der Waals surface area contributed by atoms with E-state index in [1.807, 2.05) is 0 Å². The van der Waals surface area contributed by atoms with Gasteiger partial charge in [-0.05, 0) is 12.8 Å². The zero-order chi connectivity index (χ0) is 37.9. The minimum absolute atomic E-state index is 0.197. The van der Waals surface area contributed by atoms with Crippen molar-refractivity contribution >= 4 is 25.1 Å². The third kappa shape index (κ3) is 19.0. The predicted molar refractivity (Wildman–Crippen MR) is 197 cm³/mol. The van der Waals surface area contributed by atoms with E-state index in [0.717, 1.165) is 57.8 Å². The topological polar surface area (TPSA) is 210 Å². The van der Waals surface area contributed by atoms with E-state index in [4.69, 9.17) is 0 Å². The van der Waals surface area contributed by atoms with Gasteiger partial charge in [0.2, 0.25) is 5.60 Å². The summed E-state index contributed by atoms with van der Waals surface area (Å²) in [5, 5.41) is 53.0. The van der Waals surface area contributed by atoms with Crippen molar-refractivity contribution in [3.8, 4) is 0 Å². The summed E-state index contributed by atoms with van der Waals surface area (Å²) in [5.41, 5.74) is -7.14. The normalized spacial score (nSPS) is 15.7. The number of hydrogen-bond acceptors (Lipinski definition) is 8. The minimum atomic E-state index is -5.78. The van der Waals surface area contributed by atoms with Crippen LogP contribution in [-0.2, 0) is 18.9 Å². The lowest BCUT2D eigenvalue weighted by molar-refractivity contribution is -0.202. The summed E-state index contributed by atoms with van der Waals surface area (Å²) in [6.07, 6.45) is 25.9. The van der Waals surface area contributed by atoms with Gasteiger partial charge in [0.1, 0.15) is 5.78 Å². The molecule has 0 aliphatic heterocycles. The van der Waals surface area contributed by atoms with Crippen LogP contribution >= 0.6 is 7.60 Å². The van der Waals surface area contributed by atoms with Crippen LogP contribution in [0.2, 0.25) is 0 Å². The van der Waals surface area contributed by atoms with Gasteiger partial charge in [-0.25, -0.2) is 4.79 Å². The molecule has 11 nitrogen and oxygen atoms in total. The van der Waals surface area contributed by atoms with Crippen LogP contribution in [0, 0.1) is 5.92 Å². The van der Waals surface area contributed by atoms with Gasteiger partial charge in [-0.15, -0.1) is 0 Å². The number of carbonyl (C=O) groups excluding carboxylic acids is 2. The minimum Gasteiger partial charge on any atom is -0.479 e. The van der Waals surface area contributed by atoms with Gasteiger partial charge in [0.25, 0.3) is 0 Å². The van der Waals surface area contributed by atoms with Crippen LogP contribution in [0.25, 0.3) is 0 Å². The van der Waals surface area contributed by atoms with Crippen molar-refractivity contribution in [1.82, 2.24) is 0 Å². The maximum Gasteiger partial charge on any atom is 0.357 e. The molecule has 7 N–H and O–H groups in total. The number of rotatable bonds is 36. The largest absolute Gasteiger partial charge is 0.479 e. The summed E-state index contributed by atoms with van der Waals surface area (Å²) < 4.78 is 12.0. The number of hydrogen-bond donors (Lipinski definition) is 7. The van der Waals surface area contributed by atoms with Crippen molar-refractivity contribution in [1.29, 1.82) is 0 Å². The lowest BCUT2D eigenvalue weighted by Crippen LogP contribution is -2.68. The number of aliphatic hydroxyl groups excluding tert-OH is 2. The van der Waals surface area contributed by atoms with E-state index in [-0.39, 0.29) is 19.3 Å². The molecule has 0 saturated heterocycles. The molecule has 0 amide bonds. The second-order valence-corrected chi connectivity index (χ2v) is 16.2. The van der Waals surface area contributed by atoms with Crippen molar-refractivity contribution in [3.05, 3.63) is 0 Å². The smallest absolute Gasteiger partial charge is 0.357 e. The van der Waals surface area contributed by atoms with Crippen LogP contribution in [0.1, 0.15) is 194 Å². The average Bonchev–Trinajstić information content (AvgIpc) is 3.07. The fourth-order valence-electron chi connectivity index (χ4n) is 6.84. The number of ketones is 2. The standard InChI is InChI=1S/C38H73O11P/c1-3-5-7-9-11-13-15-17-19-21-23-25-27-29-32(40)34(38(46,35(42)43)36(44)50(47,48)49)37(45,31-39)33(41)30-28-26-24-22-20-18-16-14-12-10-8-6-4-2/h34,36,39,44-46H,3-31H2,1-2H3,(H,42,43)(H2,47,48,49). The van der Waals surface area contributed by atoms with E-state index < -0.39 is 61.1 Å². The predicted octanol–water partition coefficient (Wildman–Crippen LogP) is 7.74. The lowest BCUT2D eigenvalue weighted by Gasteiger charge is -2.42. The number of aliphatic carboxylic acids is 1. The molecule has 0 aromatic heterocycles. The van der Waals surface area contributed by atoms with Crippen molar-refractivity contribution in [2.24, 2.45) is 5.92 Å². The molecule has 0 bridgehead atoms. The second kappa shape index (κ2) is 28.3. The van der Waals surface area contributed by atoms with Gasteiger partial charge in [0.05, 0.1) is 12.5 Å². The van der Waals surface area contributed by atoms with Crippen LogP contribution in [0.15, 0.2) is 0 Å². The highest BCUT2D eigenvalue weighted by atomic mass is 31.2. The summed E-state index contributed by atoms with van der Waals surface area (Å²) in [6.45, 7) is 2.91. The number of Topliss-reactive ketones (excluding diaryl/α,β-unsaturated/α-hetero) is 2. The van der Waals surface area contributed by atoms with Gasteiger partial charge < -0.3 is 35.3 Å². The summed E-state index contributed by atoms with van der Waals surface area (Å²) in [6, 6.07) is 0. The highest BCUT2D eigenvalue weighted by Crippen LogP contribution is 2.50. The van der Waals surface area contributed by atoms with E-state index in [1.54, 1.807) is 0 Å².